The van der Waals surface area contributed by atoms with Crippen LogP contribution in [0.2, 0.25) is 10.6 Å². The minimum absolute atomic E-state index is 0. The van der Waals surface area contributed by atoms with Crippen LogP contribution in [0.15, 0.2) is 0 Å². The van der Waals surface area contributed by atoms with Crippen LogP contribution in [0.3, 0.4) is 0 Å². The summed E-state index contributed by atoms with van der Waals surface area (Å²) in [7, 11) is 0. The summed E-state index contributed by atoms with van der Waals surface area (Å²) in [5.74, 6) is 0.343. The van der Waals surface area contributed by atoms with Gasteiger partial charge in [0, 0.05) is 12.8 Å². The molecule has 0 bridgehead atoms. The summed E-state index contributed by atoms with van der Waals surface area (Å²) in [4.78, 5) is 10.2. The van der Waals surface area contributed by atoms with Crippen LogP contribution in [-0.4, -0.2) is 38.4 Å². The lowest BCUT2D eigenvalue weighted by Gasteiger charge is -1.81. The van der Waals surface area contributed by atoms with Crippen molar-refractivity contribution in [3.8, 4) is 0 Å². The maximum absolute atomic E-state index is 10.2. The maximum atomic E-state index is 10.2. The molecule has 0 aromatic rings. The van der Waals surface area contributed by atoms with Gasteiger partial charge in [-0.15, -0.1) is 10.6 Å². The highest BCUT2D eigenvalue weighted by Crippen LogP contribution is 1.83. The van der Waals surface area contributed by atoms with Crippen LogP contribution in [0.25, 0.3) is 0 Å². The molecule has 0 amide bonds. The van der Waals surface area contributed by atoms with Crippen LogP contribution < -0.4 is 0 Å². The fraction of sp³-hybridized carbons (Fsp3) is 0.889. The third kappa shape index (κ3) is 22.4. The van der Waals surface area contributed by atoms with E-state index in [9.17, 15) is 4.79 Å². The molecule has 0 rings (SSSR count). The fourth-order valence-corrected chi connectivity index (χ4v) is 1.31. The largest absolute Gasteiger partial charge is 0.300 e. The van der Waals surface area contributed by atoms with E-state index in [0.29, 0.717) is 33.8 Å². The second-order valence-electron chi connectivity index (χ2n) is 2.60. The standard InChI is InChI=1S/C5H10O.2C2H5.2Al.4H/c1-3-5(6)4-2;2*1-2;;;;;;/h3-4H2,1-2H3;2*1H2,2H3;;;;;;. The van der Waals surface area contributed by atoms with Gasteiger partial charge in [0.1, 0.15) is 5.78 Å². The van der Waals surface area contributed by atoms with Crippen LogP contribution in [0, 0.1) is 0 Å². The van der Waals surface area contributed by atoms with Crippen LogP contribution in [-0.2, 0) is 4.79 Å². The molecule has 0 heterocycles. The quantitative estimate of drug-likeness (QED) is 0.631. The SMILES string of the molecule is CCC(=O)CC.C[CH2][AlH][CH2]C.[AlH3]. The highest BCUT2D eigenvalue weighted by molar-refractivity contribution is 6.34. The molecule has 0 radical (unpaired) electrons. The summed E-state index contributed by atoms with van der Waals surface area (Å²) in [6, 6.07) is 0. The fourth-order valence-electron chi connectivity index (χ4n) is 0.604. The van der Waals surface area contributed by atoms with E-state index in [0.717, 1.165) is 0 Å². The zero-order chi connectivity index (χ0) is 9.11. The number of rotatable bonds is 4. The summed E-state index contributed by atoms with van der Waals surface area (Å²) in [6.07, 6.45) is 1.38. The minimum atomic E-state index is 0. The Labute approximate surface area is 94.2 Å². The van der Waals surface area contributed by atoms with E-state index in [1.807, 2.05) is 13.8 Å². The molecule has 0 saturated heterocycles. The van der Waals surface area contributed by atoms with Gasteiger partial charge in [0.25, 0.3) is 0 Å². The Kier molecular flexibility index (Phi) is 27.3. The molecule has 0 fully saturated rings. The van der Waals surface area contributed by atoms with Crippen molar-refractivity contribution in [3.63, 3.8) is 0 Å². The second kappa shape index (κ2) is 17.7. The number of carbonyl (C=O) groups is 1. The molecule has 0 aliphatic carbocycles. The van der Waals surface area contributed by atoms with Gasteiger partial charge in [-0.2, -0.15) is 0 Å². The van der Waals surface area contributed by atoms with Gasteiger partial charge in [0.05, 0.1) is 0 Å². The molecular formula is C9H24Al2O. The lowest BCUT2D eigenvalue weighted by molar-refractivity contribution is -0.118. The van der Waals surface area contributed by atoms with E-state index in [1.54, 1.807) is 0 Å². The Morgan fingerprint density at radius 1 is 1.00 bits per heavy atom. The smallest absolute Gasteiger partial charge is 0.236 e. The number of hydrogen-bond donors (Lipinski definition) is 0. The Morgan fingerprint density at radius 3 is 1.33 bits per heavy atom. The van der Waals surface area contributed by atoms with Crippen molar-refractivity contribution in [2.45, 2.75) is 51.1 Å². The number of ketones is 1. The monoisotopic (exact) mass is 202 g/mol. The minimum Gasteiger partial charge on any atom is -0.300 e. The maximum Gasteiger partial charge on any atom is 0.236 e. The molecule has 0 spiro atoms. The third-order valence-electron chi connectivity index (χ3n) is 1.50. The molecule has 0 saturated carbocycles. The molecule has 0 aromatic carbocycles. The molecule has 1 nitrogen and oxygen atoms in total. The van der Waals surface area contributed by atoms with Crippen molar-refractivity contribution in [1.29, 1.82) is 0 Å². The molecule has 0 N–H and O–H groups in total. The van der Waals surface area contributed by atoms with Crippen molar-refractivity contribution >= 4 is 38.4 Å². The van der Waals surface area contributed by atoms with Crippen molar-refractivity contribution in [2.24, 2.45) is 0 Å². The van der Waals surface area contributed by atoms with Gasteiger partial charge in [0.2, 0.25) is 15.2 Å². The summed E-state index contributed by atoms with van der Waals surface area (Å²) in [5.41, 5.74) is 0. The molecule has 3 heteroatoms. The lowest BCUT2D eigenvalue weighted by Crippen LogP contribution is -1.88. The van der Waals surface area contributed by atoms with Gasteiger partial charge in [-0.1, -0.05) is 27.7 Å². The van der Waals surface area contributed by atoms with Gasteiger partial charge in [-0.05, 0) is 0 Å². The van der Waals surface area contributed by atoms with Crippen molar-refractivity contribution < 1.29 is 4.79 Å². The first-order valence-electron chi connectivity index (χ1n) is 4.74. The molecule has 72 valence electrons. The molecule has 0 aromatic heterocycles. The zero-order valence-corrected chi connectivity index (χ0v) is 9.86. The predicted octanol–water partition coefficient (Wildman–Crippen LogP) is 1.49. The van der Waals surface area contributed by atoms with E-state index < -0.39 is 0 Å². The Balaban J connectivity index is -0.000000126. The average molecular weight is 202 g/mol. The van der Waals surface area contributed by atoms with Gasteiger partial charge in [-0.25, -0.2) is 0 Å². The first kappa shape index (κ1) is 18.5. The second-order valence-corrected chi connectivity index (χ2v) is 5.31. The van der Waals surface area contributed by atoms with Crippen LogP contribution in [0.4, 0.5) is 0 Å². The van der Waals surface area contributed by atoms with Crippen LogP contribution in [0.5, 0.6) is 0 Å². The molecule has 0 aliphatic heterocycles. The number of Topliss-reactive ketones (excluding diaryl/α,β-unsaturated/α-hetero) is 1. The Morgan fingerprint density at radius 2 is 1.33 bits per heavy atom. The molecule has 0 unspecified atom stereocenters. The van der Waals surface area contributed by atoms with Crippen molar-refractivity contribution in [3.05, 3.63) is 0 Å². The first-order valence-corrected chi connectivity index (χ1v) is 6.74. The Hall–Kier alpha value is 0.735. The summed E-state index contributed by atoms with van der Waals surface area (Å²) >= 11 is 0.432. The summed E-state index contributed by atoms with van der Waals surface area (Å²) in [5, 5.41) is 2.97. The normalized spacial score (nSPS) is 7.33. The molecule has 0 aliphatic rings. The highest BCUT2D eigenvalue weighted by Gasteiger charge is 1.86. The van der Waals surface area contributed by atoms with Gasteiger partial charge in [-0.3, -0.25) is 4.79 Å². The van der Waals surface area contributed by atoms with E-state index in [-0.39, 0.29) is 17.4 Å². The number of carbonyl (C=O) groups excluding carboxylic acids is 1. The van der Waals surface area contributed by atoms with E-state index >= 15 is 0 Å². The molecule has 0 atom stereocenters. The third-order valence-corrected chi connectivity index (χ3v) is 2.91. The van der Waals surface area contributed by atoms with Crippen molar-refractivity contribution in [1.82, 2.24) is 0 Å². The van der Waals surface area contributed by atoms with E-state index in [1.165, 1.54) is 10.6 Å². The summed E-state index contributed by atoms with van der Waals surface area (Å²) < 4.78 is 0. The summed E-state index contributed by atoms with van der Waals surface area (Å²) in [6.45, 7) is 8.31. The van der Waals surface area contributed by atoms with Gasteiger partial charge in [0.15, 0.2) is 17.4 Å². The molecule has 12 heavy (non-hydrogen) atoms. The van der Waals surface area contributed by atoms with E-state index in [2.05, 4.69) is 13.8 Å². The van der Waals surface area contributed by atoms with Crippen LogP contribution in [0.1, 0.15) is 40.5 Å². The molecular weight excluding hydrogens is 178 g/mol. The predicted molar refractivity (Wildman–Crippen MR) is 63.6 cm³/mol. The topological polar surface area (TPSA) is 17.1 Å². The van der Waals surface area contributed by atoms with E-state index in [4.69, 9.17) is 0 Å². The Bertz CT molecular complexity index is 76.6. The lowest BCUT2D eigenvalue weighted by atomic mass is 10.3. The van der Waals surface area contributed by atoms with Crippen LogP contribution >= 0.6 is 0 Å². The van der Waals surface area contributed by atoms with Crippen molar-refractivity contribution in [2.75, 3.05) is 0 Å². The average Bonchev–Trinajstić information content (AvgIpc) is 2.06. The highest BCUT2D eigenvalue weighted by atomic mass is 27.1. The van der Waals surface area contributed by atoms with Gasteiger partial charge < -0.3 is 0 Å². The number of hydrogen-bond acceptors (Lipinski definition) is 1. The zero-order valence-electron chi connectivity index (χ0n) is 8.44. The van der Waals surface area contributed by atoms with Gasteiger partial charge >= 0.3 is 0 Å². The first-order chi connectivity index (χ1) is 5.22.